The normalized spacial score (nSPS) is 11.2. The van der Waals surface area contributed by atoms with Gasteiger partial charge >= 0.3 is 5.69 Å². The summed E-state index contributed by atoms with van der Waals surface area (Å²) in [5.74, 6) is 0. The fraction of sp³-hybridized carbons (Fsp3) is 0.300. The van der Waals surface area contributed by atoms with Crippen molar-refractivity contribution in [3.05, 3.63) is 32.2 Å². The predicted octanol–water partition coefficient (Wildman–Crippen LogP) is 3.11. The Hall–Kier alpha value is -0.790. The molecule has 96 valence electrons. The molecular weight excluding hydrogens is 340 g/mol. The molecule has 2 aromatic rings. The number of halogens is 2. The molecule has 0 atom stereocenters. The Balaban J connectivity index is 2.37. The van der Waals surface area contributed by atoms with Crippen LogP contribution in [0.4, 0.5) is 0 Å². The fourth-order valence-electron chi connectivity index (χ4n) is 1.38. The van der Waals surface area contributed by atoms with E-state index in [-0.39, 0.29) is 11.7 Å². The second-order valence-electron chi connectivity index (χ2n) is 3.82. The molecule has 0 saturated heterocycles. The lowest BCUT2D eigenvalue weighted by atomic mass is 10.4. The monoisotopic (exact) mass is 348 g/mol. The Bertz CT molecular complexity index is 625. The molecule has 0 aliphatic heterocycles. The van der Waals surface area contributed by atoms with Crippen LogP contribution < -0.4 is 5.69 Å². The van der Waals surface area contributed by atoms with Gasteiger partial charge in [0.1, 0.15) is 5.03 Å². The smallest absolute Gasteiger partial charge is 0.267 e. The zero-order valence-electron chi connectivity index (χ0n) is 9.65. The van der Waals surface area contributed by atoms with Crippen molar-refractivity contribution in [1.29, 1.82) is 0 Å². The van der Waals surface area contributed by atoms with Crippen molar-refractivity contribution >= 4 is 39.3 Å². The second-order valence-corrected chi connectivity index (χ2v) is 6.06. The van der Waals surface area contributed by atoms with E-state index in [4.69, 9.17) is 11.6 Å². The lowest BCUT2D eigenvalue weighted by Crippen LogP contribution is -2.19. The quantitative estimate of drug-likeness (QED) is 0.925. The third kappa shape index (κ3) is 2.78. The highest BCUT2D eigenvalue weighted by atomic mass is 79.9. The van der Waals surface area contributed by atoms with Gasteiger partial charge in [0.25, 0.3) is 0 Å². The van der Waals surface area contributed by atoms with E-state index in [0.717, 1.165) is 4.47 Å². The molecule has 1 N–H and O–H groups in total. The maximum Gasteiger partial charge on any atom is 0.344 e. The van der Waals surface area contributed by atoms with E-state index >= 15 is 0 Å². The van der Waals surface area contributed by atoms with Crippen LogP contribution in [-0.2, 0) is 0 Å². The van der Waals surface area contributed by atoms with Gasteiger partial charge in [-0.25, -0.2) is 14.9 Å². The Morgan fingerprint density at radius 2 is 2.28 bits per heavy atom. The van der Waals surface area contributed by atoms with Crippen molar-refractivity contribution in [2.24, 2.45) is 0 Å². The van der Waals surface area contributed by atoms with E-state index in [9.17, 15) is 4.79 Å². The van der Waals surface area contributed by atoms with Crippen LogP contribution in [0.1, 0.15) is 19.9 Å². The molecule has 0 saturated carbocycles. The highest BCUT2D eigenvalue weighted by molar-refractivity contribution is 9.10. The average Bonchev–Trinajstić information content (AvgIpc) is 2.64. The van der Waals surface area contributed by atoms with Gasteiger partial charge in [-0.1, -0.05) is 11.6 Å². The van der Waals surface area contributed by atoms with Crippen LogP contribution in [0.5, 0.6) is 0 Å². The number of rotatable bonds is 3. The van der Waals surface area contributed by atoms with Crippen molar-refractivity contribution in [2.75, 3.05) is 0 Å². The molecule has 0 aliphatic carbocycles. The lowest BCUT2D eigenvalue weighted by molar-refractivity contribution is 0.534. The summed E-state index contributed by atoms with van der Waals surface area (Å²) in [7, 11) is 0. The number of aromatic amines is 1. The van der Waals surface area contributed by atoms with Gasteiger partial charge in [-0.15, -0.1) is 5.10 Å². The van der Waals surface area contributed by atoms with Crippen LogP contribution in [0.3, 0.4) is 0 Å². The highest BCUT2D eigenvalue weighted by Crippen LogP contribution is 2.32. The minimum Gasteiger partial charge on any atom is -0.267 e. The standard InChI is InChI=1S/C10H10BrClN4OS/c1-5(2)16-9(17)14-15-10(16)18-8-7(11)3-6(12)4-13-8/h3-5H,1-2H3,(H,14,17). The molecule has 2 aromatic heterocycles. The summed E-state index contributed by atoms with van der Waals surface area (Å²) in [5, 5.41) is 8.26. The van der Waals surface area contributed by atoms with Gasteiger partial charge in [-0.3, -0.25) is 4.57 Å². The second kappa shape index (κ2) is 5.46. The van der Waals surface area contributed by atoms with Gasteiger partial charge in [0, 0.05) is 12.2 Å². The van der Waals surface area contributed by atoms with Crippen molar-refractivity contribution in [2.45, 2.75) is 30.1 Å². The minimum atomic E-state index is -0.224. The summed E-state index contributed by atoms with van der Waals surface area (Å²) in [5.41, 5.74) is -0.224. The molecule has 8 heteroatoms. The van der Waals surface area contributed by atoms with Gasteiger partial charge in [0.2, 0.25) is 0 Å². The summed E-state index contributed by atoms with van der Waals surface area (Å²) < 4.78 is 2.35. The first kappa shape index (κ1) is 13.6. The molecule has 0 aromatic carbocycles. The SMILES string of the molecule is CC(C)n1c(Sc2ncc(Cl)cc2Br)n[nH]c1=O. The van der Waals surface area contributed by atoms with Crippen molar-refractivity contribution in [1.82, 2.24) is 19.7 Å². The van der Waals surface area contributed by atoms with Crippen LogP contribution in [0.15, 0.2) is 31.7 Å². The Kier molecular flexibility index (Phi) is 4.14. The number of hydrogen-bond donors (Lipinski definition) is 1. The van der Waals surface area contributed by atoms with Crippen LogP contribution >= 0.6 is 39.3 Å². The van der Waals surface area contributed by atoms with Gasteiger partial charge in [0.05, 0.1) is 9.50 Å². The maximum absolute atomic E-state index is 11.6. The molecule has 5 nitrogen and oxygen atoms in total. The van der Waals surface area contributed by atoms with Crippen molar-refractivity contribution < 1.29 is 0 Å². The molecular formula is C10H10BrClN4OS. The van der Waals surface area contributed by atoms with Gasteiger partial charge in [-0.2, -0.15) is 0 Å². The van der Waals surface area contributed by atoms with E-state index in [1.165, 1.54) is 11.8 Å². The van der Waals surface area contributed by atoms with Crippen molar-refractivity contribution in [3.8, 4) is 0 Å². The van der Waals surface area contributed by atoms with Gasteiger partial charge in [0.15, 0.2) is 5.16 Å². The topological polar surface area (TPSA) is 63.6 Å². The zero-order chi connectivity index (χ0) is 13.3. The number of H-pyrrole nitrogens is 1. The number of aromatic nitrogens is 4. The predicted molar refractivity (Wildman–Crippen MR) is 74.3 cm³/mol. The summed E-state index contributed by atoms with van der Waals surface area (Å²) in [6.45, 7) is 3.84. The summed E-state index contributed by atoms with van der Waals surface area (Å²) in [6, 6.07) is 1.78. The third-order valence-corrected chi connectivity index (χ3v) is 4.21. The summed E-state index contributed by atoms with van der Waals surface area (Å²) in [6.07, 6.45) is 1.55. The molecule has 0 fully saturated rings. The van der Waals surface area contributed by atoms with E-state index < -0.39 is 0 Å². The van der Waals surface area contributed by atoms with E-state index in [2.05, 4.69) is 31.1 Å². The number of nitrogens with zero attached hydrogens (tertiary/aromatic N) is 3. The molecule has 18 heavy (non-hydrogen) atoms. The maximum atomic E-state index is 11.6. The number of nitrogens with one attached hydrogen (secondary N) is 1. The summed E-state index contributed by atoms with van der Waals surface area (Å²) in [4.78, 5) is 15.8. The first-order valence-corrected chi connectivity index (χ1v) is 7.13. The Morgan fingerprint density at radius 3 is 2.89 bits per heavy atom. The first-order chi connectivity index (χ1) is 8.49. The molecule has 0 unspecified atom stereocenters. The van der Waals surface area contributed by atoms with Crippen LogP contribution in [-0.4, -0.2) is 19.7 Å². The molecule has 2 heterocycles. The zero-order valence-corrected chi connectivity index (χ0v) is 12.8. The molecule has 2 rings (SSSR count). The minimum absolute atomic E-state index is 0.0322. The largest absolute Gasteiger partial charge is 0.344 e. The van der Waals surface area contributed by atoms with Crippen LogP contribution in [0.25, 0.3) is 0 Å². The molecule has 0 spiro atoms. The lowest BCUT2D eigenvalue weighted by Gasteiger charge is -2.08. The van der Waals surface area contributed by atoms with Gasteiger partial charge in [-0.05, 0) is 47.6 Å². The molecule has 0 amide bonds. The van der Waals surface area contributed by atoms with E-state index in [1.54, 1.807) is 16.8 Å². The Morgan fingerprint density at radius 1 is 1.56 bits per heavy atom. The third-order valence-electron chi connectivity index (χ3n) is 2.15. The van der Waals surface area contributed by atoms with Crippen LogP contribution in [0, 0.1) is 0 Å². The van der Waals surface area contributed by atoms with E-state index in [0.29, 0.717) is 15.2 Å². The number of hydrogen-bond acceptors (Lipinski definition) is 4. The average molecular weight is 350 g/mol. The fourth-order valence-corrected chi connectivity index (χ4v) is 3.18. The molecule has 0 radical (unpaired) electrons. The van der Waals surface area contributed by atoms with E-state index in [1.807, 2.05) is 13.8 Å². The number of pyridine rings is 1. The Labute approximate surface area is 121 Å². The van der Waals surface area contributed by atoms with Gasteiger partial charge < -0.3 is 0 Å². The highest BCUT2D eigenvalue weighted by Gasteiger charge is 2.14. The first-order valence-electron chi connectivity index (χ1n) is 5.15. The summed E-state index contributed by atoms with van der Waals surface area (Å²) >= 11 is 10.5. The molecule has 0 bridgehead atoms. The van der Waals surface area contributed by atoms with Crippen LogP contribution in [0.2, 0.25) is 5.02 Å². The van der Waals surface area contributed by atoms with Crippen molar-refractivity contribution in [3.63, 3.8) is 0 Å². The molecule has 0 aliphatic rings.